The van der Waals surface area contributed by atoms with Gasteiger partial charge in [0.05, 0.1) is 17.4 Å². The maximum atomic E-state index is 11.9. The highest BCUT2D eigenvalue weighted by Crippen LogP contribution is 2.27. The highest BCUT2D eigenvalue weighted by molar-refractivity contribution is 5.92. The van der Waals surface area contributed by atoms with E-state index in [0.717, 1.165) is 12.8 Å². The first-order chi connectivity index (χ1) is 8.61. The fourth-order valence-corrected chi connectivity index (χ4v) is 1.77. The summed E-state index contributed by atoms with van der Waals surface area (Å²) in [6, 6.07) is 1.52. The SMILES string of the molecule is CCN(C(=O)Nc1cncc(C(=O)O)c1)C1CC1. The summed E-state index contributed by atoms with van der Waals surface area (Å²) < 4.78 is 0. The highest BCUT2D eigenvalue weighted by Gasteiger charge is 2.31. The van der Waals surface area contributed by atoms with E-state index >= 15 is 0 Å². The fraction of sp³-hybridized carbons (Fsp3) is 0.417. The molecule has 96 valence electrons. The summed E-state index contributed by atoms with van der Waals surface area (Å²) in [4.78, 5) is 28.3. The minimum Gasteiger partial charge on any atom is -0.478 e. The number of pyridine rings is 1. The molecule has 0 radical (unpaired) electrons. The summed E-state index contributed by atoms with van der Waals surface area (Å²) in [6.45, 7) is 2.56. The van der Waals surface area contributed by atoms with Crippen LogP contribution >= 0.6 is 0 Å². The van der Waals surface area contributed by atoms with Crippen LogP contribution in [0.25, 0.3) is 0 Å². The summed E-state index contributed by atoms with van der Waals surface area (Å²) >= 11 is 0. The number of carbonyl (C=O) groups is 2. The Kier molecular flexibility index (Phi) is 3.45. The molecule has 6 nitrogen and oxygen atoms in total. The van der Waals surface area contributed by atoms with Crippen molar-refractivity contribution >= 4 is 17.7 Å². The lowest BCUT2D eigenvalue weighted by Crippen LogP contribution is -2.36. The van der Waals surface area contributed by atoms with Crippen LogP contribution in [0.2, 0.25) is 0 Å². The molecule has 18 heavy (non-hydrogen) atoms. The molecule has 0 spiro atoms. The molecule has 0 aromatic carbocycles. The molecule has 1 aliphatic rings. The molecule has 1 fully saturated rings. The van der Waals surface area contributed by atoms with Crippen LogP contribution in [0.3, 0.4) is 0 Å². The third-order valence-electron chi connectivity index (χ3n) is 2.83. The van der Waals surface area contributed by atoms with E-state index in [1.54, 1.807) is 4.90 Å². The number of urea groups is 1. The van der Waals surface area contributed by atoms with Crippen molar-refractivity contribution in [2.75, 3.05) is 11.9 Å². The Hall–Kier alpha value is -2.11. The van der Waals surface area contributed by atoms with Crippen LogP contribution in [0, 0.1) is 0 Å². The van der Waals surface area contributed by atoms with Crippen molar-refractivity contribution in [1.29, 1.82) is 0 Å². The number of rotatable bonds is 4. The van der Waals surface area contributed by atoms with E-state index in [9.17, 15) is 9.59 Å². The highest BCUT2D eigenvalue weighted by atomic mass is 16.4. The van der Waals surface area contributed by atoms with Crippen molar-refractivity contribution in [2.24, 2.45) is 0 Å². The lowest BCUT2D eigenvalue weighted by Gasteiger charge is -2.20. The van der Waals surface area contributed by atoms with E-state index in [1.165, 1.54) is 18.5 Å². The molecule has 1 aliphatic carbocycles. The van der Waals surface area contributed by atoms with E-state index in [0.29, 0.717) is 18.3 Å². The van der Waals surface area contributed by atoms with E-state index in [2.05, 4.69) is 10.3 Å². The van der Waals surface area contributed by atoms with Gasteiger partial charge in [-0.15, -0.1) is 0 Å². The number of carboxylic acids is 1. The molecule has 2 amide bonds. The molecule has 1 heterocycles. The van der Waals surface area contributed by atoms with Gasteiger partial charge in [-0.25, -0.2) is 9.59 Å². The van der Waals surface area contributed by atoms with Crippen molar-refractivity contribution in [3.05, 3.63) is 24.0 Å². The fourth-order valence-electron chi connectivity index (χ4n) is 1.77. The normalized spacial score (nSPS) is 14.1. The maximum absolute atomic E-state index is 11.9. The molecule has 1 aromatic heterocycles. The van der Waals surface area contributed by atoms with E-state index in [4.69, 9.17) is 5.11 Å². The van der Waals surface area contributed by atoms with Gasteiger partial charge in [0.25, 0.3) is 0 Å². The topological polar surface area (TPSA) is 82.5 Å². The predicted octanol–water partition coefficient (Wildman–Crippen LogP) is 1.80. The molecule has 2 N–H and O–H groups in total. The minimum absolute atomic E-state index is 0.0577. The van der Waals surface area contributed by atoms with Crippen LogP contribution in [0.1, 0.15) is 30.1 Å². The summed E-state index contributed by atoms with van der Waals surface area (Å²) in [5.74, 6) is -1.06. The number of nitrogens with one attached hydrogen (secondary N) is 1. The first-order valence-corrected chi connectivity index (χ1v) is 5.87. The van der Waals surface area contributed by atoms with Crippen molar-refractivity contribution in [3.8, 4) is 0 Å². The number of carboxylic acid groups (broad SMARTS) is 1. The number of aromatic carboxylic acids is 1. The van der Waals surface area contributed by atoms with Gasteiger partial charge < -0.3 is 15.3 Å². The predicted molar refractivity (Wildman–Crippen MR) is 65.6 cm³/mol. The number of anilines is 1. The van der Waals surface area contributed by atoms with Gasteiger partial charge in [-0.3, -0.25) is 4.98 Å². The van der Waals surface area contributed by atoms with E-state index < -0.39 is 5.97 Å². The number of nitrogens with zero attached hydrogens (tertiary/aromatic N) is 2. The molecule has 1 saturated carbocycles. The Morgan fingerprint density at radius 1 is 1.50 bits per heavy atom. The maximum Gasteiger partial charge on any atom is 0.337 e. The Labute approximate surface area is 105 Å². The molecule has 6 heteroatoms. The largest absolute Gasteiger partial charge is 0.478 e. The van der Waals surface area contributed by atoms with Gasteiger partial charge in [0.1, 0.15) is 0 Å². The average Bonchev–Trinajstić information content (AvgIpc) is 3.14. The zero-order valence-corrected chi connectivity index (χ0v) is 10.1. The van der Waals surface area contributed by atoms with Crippen LogP contribution in [0.5, 0.6) is 0 Å². The van der Waals surface area contributed by atoms with Gasteiger partial charge in [-0.2, -0.15) is 0 Å². The van der Waals surface area contributed by atoms with Crippen LogP contribution in [-0.4, -0.2) is 39.6 Å². The quantitative estimate of drug-likeness (QED) is 0.852. The summed E-state index contributed by atoms with van der Waals surface area (Å²) in [7, 11) is 0. The lowest BCUT2D eigenvalue weighted by atomic mass is 10.2. The zero-order valence-electron chi connectivity index (χ0n) is 10.1. The zero-order chi connectivity index (χ0) is 13.1. The Morgan fingerprint density at radius 3 is 2.78 bits per heavy atom. The first-order valence-electron chi connectivity index (χ1n) is 5.87. The third kappa shape index (κ3) is 2.77. The second-order valence-corrected chi connectivity index (χ2v) is 4.21. The number of carbonyl (C=O) groups excluding carboxylic acids is 1. The van der Waals surface area contributed by atoms with Crippen LogP contribution < -0.4 is 5.32 Å². The standard InChI is InChI=1S/C12H15N3O3/c1-2-15(10-3-4-10)12(18)14-9-5-8(11(16)17)6-13-7-9/h5-7,10H,2-4H2,1H3,(H,14,18)(H,16,17). The van der Waals surface area contributed by atoms with Gasteiger partial charge >= 0.3 is 12.0 Å². The van der Waals surface area contributed by atoms with Crippen molar-refractivity contribution in [3.63, 3.8) is 0 Å². The number of hydrogen-bond donors (Lipinski definition) is 2. The molecular formula is C12H15N3O3. The second-order valence-electron chi connectivity index (χ2n) is 4.21. The van der Waals surface area contributed by atoms with Gasteiger partial charge in [0.15, 0.2) is 0 Å². The number of amides is 2. The summed E-state index contributed by atoms with van der Waals surface area (Å²) in [5, 5.41) is 11.5. The molecule has 0 bridgehead atoms. The molecule has 2 rings (SSSR count). The molecule has 0 saturated heterocycles. The Balaban J connectivity index is 2.06. The number of aromatic nitrogens is 1. The van der Waals surface area contributed by atoms with Crippen molar-refractivity contribution in [2.45, 2.75) is 25.8 Å². The minimum atomic E-state index is -1.06. The van der Waals surface area contributed by atoms with E-state index in [-0.39, 0.29) is 11.6 Å². The van der Waals surface area contributed by atoms with Gasteiger partial charge in [-0.1, -0.05) is 0 Å². The first kappa shape index (κ1) is 12.3. The molecule has 1 aromatic rings. The molecule has 0 unspecified atom stereocenters. The van der Waals surface area contributed by atoms with Crippen LogP contribution in [-0.2, 0) is 0 Å². The second kappa shape index (κ2) is 5.03. The molecule has 0 atom stereocenters. The van der Waals surface area contributed by atoms with Gasteiger partial charge in [0, 0.05) is 18.8 Å². The third-order valence-corrected chi connectivity index (χ3v) is 2.83. The monoisotopic (exact) mass is 249 g/mol. The molecule has 0 aliphatic heterocycles. The lowest BCUT2D eigenvalue weighted by molar-refractivity contribution is 0.0696. The van der Waals surface area contributed by atoms with E-state index in [1.807, 2.05) is 6.92 Å². The van der Waals surface area contributed by atoms with Gasteiger partial charge in [-0.05, 0) is 25.8 Å². The Morgan fingerprint density at radius 2 is 2.22 bits per heavy atom. The van der Waals surface area contributed by atoms with Crippen LogP contribution in [0.15, 0.2) is 18.5 Å². The van der Waals surface area contributed by atoms with Gasteiger partial charge in [0.2, 0.25) is 0 Å². The smallest absolute Gasteiger partial charge is 0.337 e. The summed E-state index contributed by atoms with van der Waals surface area (Å²) in [6.07, 6.45) is 4.75. The van der Waals surface area contributed by atoms with Crippen molar-refractivity contribution in [1.82, 2.24) is 9.88 Å². The summed E-state index contributed by atoms with van der Waals surface area (Å²) in [5.41, 5.74) is 0.460. The number of hydrogen-bond acceptors (Lipinski definition) is 3. The van der Waals surface area contributed by atoms with Crippen LogP contribution in [0.4, 0.5) is 10.5 Å². The average molecular weight is 249 g/mol. The molecular weight excluding hydrogens is 234 g/mol. The Bertz CT molecular complexity index is 471. The van der Waals surface area contributed by atoms with Crippen molar-refractivity contribution < 1.29 is 14.7 Å².